The number of carbonyl (C=O) groups is 1. The Hall–Kier alpha value is -4.38. The van der Waals surface area contributed by atoms with Crippen molar-refractivity contribution in [2.24, 2.45) is 5.10 Å². The van der Waals surface area contributed by atoms with Gasteiger partial charge in [-0.25, -0.2) is 5.43 Å². The van der Waals surface area contributed by atoms with Crippen molar-refractivity contribution in [1.82, 2.24) is 14.6 Å². The van der Waals surface area contributed by atoms with Crippen LogP contribution in [0.25, 0.3) is 22.1 Å². The van der Waals surface area contributed by atoms with Crippen molar-refractivity contribution in [2.45, 2.75) is 0 Å². The lowest BCUT2D eigenvalue weighted by Crippen LogP contribution is -2.17. The SMILES string of the molecule is O=C(N/N=C\c1cccn1-c1ccc2ccccc2c1)c1ccc(-n2cccc2)cc1. The fourth-order valence-corrected chi connectivity index (χ4v) is 3.57. The molecule has 5 aromatic rings. The number of hydrogen-bond acceptors (Lipinski definition) is 2. The number of nitrogens with one attached hydrogen (secondary N) is 1. The van der Waals surface area contributed by atoms with Crippen LogP contribution in [0.1, 0.15) is 16.1 Å². The summed E-state index contributed by atoms with van der Waals surface area (Å²) in [5, 5.41) is 6.53. The van der Waals surface area contributed by atoms with Gasteiger partial charge in [-0.05, 0) is 71.4 Å². The lowest BCUT2D eigenvalue weighted by Gasteiger charge is -2.08. The van der Waals surface area contributed by atoms with Crippen LogP contribution in [0.15, 0.2) is 115 Å². The first-order valence-electron chi connectivity index (χ1n) is 10.0. The summed E-state index contributed by atoms with van der Waals surface area (Å²) in [6.45, 7) is 0. The lowest BCUT2D eigenvalue weighted by molar-refractivity contribution is 0.0955. The smallest absolute Gasteiger partial charge is 0.271 e. The van der Waals surface area contributed by atoms with Gasteiger partial charge in [-0.2, -0.15) is 5.10 Å². The van der Waals surface area contributed by atoms with Crippen LogP contribution in [-0.4, -0.2) is 21.3 Å². The number of fused-ring (bicyclic) bond motifs is 1. The van der Waals surface area contributed by atoms with Gasteiger partial charge >= 0.3 is 0 Å². The van der Waals surface area contributed by atoms with E-state index in [1.165, 1.54) is 10.8 Å². The molecule has 0 aliphatic carbocycles. The summed E-state index contributed by atoms with van der Waals surface area (Å²) in [6, 6.07) is 29.8. The van der Waals surface area contributed by atoms with Crippen LogP contribution in [0.5, 0.6) is 0 Å². The molecule has 5 rings (SSSR count). The van der Waals surface area contributed by atoms with E-state index in [-0.39, 0.29) is 5.91 Å². The van der Waals surface area contributed by atoms with Crippen LogP contribution < -0.4 is 5.43 Å². The second-order valence-electron chi connectivity index (χ2n) is 7.17. The Kier molecular flexibility index (Phi) is 4.91. The highest BCUT2D eigenvalue weighted by Crippen LogP contribution is 2.19. The number of benzene rings is 3. The van der Waals surface area contributed by atoms with Gasteiger partial charge in [-0.3, -0.25) is 4.79 Å². The number of aromatic nitrogens is 2. The van der Waals surface area contributed by atoms with E-state index in [1.54, 1.807) is 18.3 Å². The van der Waals surface area contributed by atoms with Crippen LogP contribution in [0.4, 0.5) is 0 Å². The molecule has 0 fully saturated rings. The van der Waals surface area contributed by atoms with E-state index in [2.05, 4.69) is 40.9 Å². The number of hydrazone groups is 1. The first kappa shape index (κ1) is 18.6. The molecule has 2 heterocycles. The van der Waals surface area contributed by atoms with Crippen molar-refractivity contribution < 1.29 is 4.79 Å². The van der Waals surface area contributed by atoms with Crippen molar-refractivity contribution in [3.8, 4) is 11.4 Å². The van der Waals surface area contributed by atoms with Gasteiger partial charge < -0.3 is 9.13 Å². The van der Waals surface area contributed by atoms with Crippen LogP contribution in [0, 0.1) is 0 Å². The lowest BCUT2D eigenvalue weighted by atomic mass is 10.1. The Morgan fingerprint density at radius 1 is 0.742 bits per heavy atom. The highest BCUT2D eigenvalue weighted by atomic mass is 16.2. The van der Waals surface area contributed by atoms with E-state index >= 15 is 0 Å². The third kappa shape index (κ3) is 3.89. The number of hydrogen-bond donors (Lipinski definition) is 1. The monoisotopic (exact) mass is 404 g/mol. The summed E-state index contributed by atoms with van der Waals surface area (Å²) < 4.78 is 4.02. The van der Waals surface area contributed by atoms with Gasteiger partial charge in [-0.15, -0.1) is 0 Å². The van der Waals surface area contributed by atoms with Crippen molar-refractivity contribution >= 4 is 22.9 Å². The predicted molar refractivity (Wildman–Crippen MR) is 124 cm³/mol. The zero-order valence-electron chi connectivity index (χ0n) is 16.7. The number of nitrogens with zero attached hydrogens (tertiary/aromatic N) is 3. The normalized spacial score (nSPS) is 11.2. The molecule has 1 amide bonds. The van der Waals surface area contributed by atoms with Crippen LogP contribution in [0.2, 0.25) is 0 Å². The zero-order valence-corrected chi connectivity index (χ0v) is 16.7. The molecule has 5 nitrogen and oxygen atoms in total. The third-order valence-electron chi connectivity index (χ3n) is 5.19. The van der Waals surface area contributed by atoms with E-state index in [9.17, 15) is 4.79 Å². The Labute approximate surface area is 179 Å². The van der Waals surface area contributed by atoms with Gasteiger partial charge in [0, 0.05) is 35.5 Å². The third-order valence-corrected chi connectivity index (χ3v) is 5.19. The van der Waals surface area contributed by atoms with Crippen molar-refractivity contribution in [1.29, 1.82) is 0 Å². The zero-order chi connectivity index (χ0) is 21.0. The molecule has 0 radical (unpaired) electrons. The molecule has 1 N–H and O–H groups in total. The van der Waals surface area contributed by atoms with Gasteiger partial charge in [0.15, 0.2) is 0 Å². The quantitative estimate of drug-likeness (QED) is 0.318. The highest BCUT2D eigenvalue weighted by molar-refractivity contribution is 5.95. The van der Waals surface area contributed by atoms with Gasteiger partial charge in [0.05, 0.1) is 11.9 Å². The van der Waals surface area contributed by atoms with E-state index < -0.39 is 0 Å². The summed E-state index contributed by atoms with van der Waals surface area (Å²) in [5.74, 6) is -0.251. The molecule has 0 bridgehead atoms. The Balaban J connectivity index is 1.30. The first-order chi connectivity index (χ1) is 15.3. The second kappa shape index (κ2) is 8.16. The molecule has 0 saturated heterocycles. The fourth-order valence-electron chi connectivity index (χ4n) is 3.57. The molecule has 31 heavy (non-hydrogen) atoms. The summed E-state index contributed by atoms with van der Waals surface area (Å²) in [4.78, 5) is 12.4. The predicted octanol–water partition coefficient (Wildman–Crippen LogP) is 5.19. The average Bonchev–Trinajstić information content (AvgIpc) is 3.51. The van der Waals surface area contributed by atoms with Crippen molar-refractivity contribution in [2.75, 3.05) is 0 Å². The number of rotatable bonds is 5. The van der Waals surface area contributed by atoms with Crippen LogP contribution in [0.3, 0.4) is 0 Å². The average molecular weight is 404 g/mol. The highest BCUT2D eigenvalue weighted by Gasteiger charge is 2.06. The van der Waals surface area contributed by atoms with Gasteiger partial charge in [0.25, 0.3) is 5.91 Å². The largest absolute Gasteiger partial charge is 0.324 e. The van der Waals surface area contributed by atoms with E-state index in [0.717, 1.165) is 17.1 Å². The molecule has 3 aromatic carbocycles. The van der Waals surface area contributed by atoms with Gasteiger partial charge in [0.2, 0.25) is 0 Å². The minimum Gasteiger partial charge on any atom is -0.324 e. The molecule has 0 unspecified atom stereocenters. The summed E-state index contributed by atoms with van der Waals surface area (Å²) in [6.07, 6.45) is 7.56. The van der Waals surface area contributed by atoms with Gasteiger partial charge in [0.1, 0.15) is 0 Å². The van der Waals surface area contributed by atoms with E-state index in [0.29, 0.717) is 5.56 Å². The molecular formula is C26H20N4O. The number of amides is 1. The maximum absolute atomic E-state index is 12.4. The minimum absolute atomic E-state index is 0.251. The van der Waals surface area contributed by atoms with E-state index in [1.807, 2.05) is 76.3 Å². The molecule has 0 aliphatic rings. The molecule has 0 spiro atoms. The topological polar surface area (TPSA) is 51.3 Å². The Morgan fingerprint density at radius 3 is 2.29 bits per heavy atom. The Bertz CT molecular complexity index is 1360. The molecule has 2 aromatic heterocycles. The Morgan fingerprint density at radius 2 is 1.48 bits per heavy atom. The maximum atomic E-state index is 12.4. The fraction of sp³-hybridized carbons (Fsp3) is 0. The summed E-state index contributed by atoms with van der Waals surface area (Å²) in [5.41, 5.74) is 6.07. The van der Waals surface area contributed by atoms with Crippen molar-refractivity contribution in [3.63, 3.8) is 0 Å². The molecule has 0 atom stereocenters. The molecular weight excluding hydrogens is 384 g/mol. The molecule has 0 saturated carbocycles. The van der Waals surface area contributed by atoms with Crippen LogP contribution >= 0.6 is 0 Å². The standard InChI is InChI=1S/C26H20N4O/c31-26(21-10-12-23(13-11-21)29-15-3-4-16-29)28-27-19-25-8-5-17-30(25)24-14-9-20-6-1-2-7-22(20)18-24/h1-19H,(H,28,31)/b27-19-. The van der Waals surface area contributed by atoms with Crippen molar-refractivity contribution in [3.05, 3.63) is 121 Å². The first-order valence-corrected chi connectivity index (χ1v) is 10.0. The second-order valence-corrected chi connectivity index (χ2v) is 7.17. The van der Waals surface area contributed by atoms with Gasteiger partial charge in [-0.1, -0.05) is 30.3 Å². The maximum Gasteiger partial charge on any atom is 0.271 e. The minimum atomic E-state index is -0.251. The van der Waals surface area contributed by atoms with E-state index in [4.69, 9.17) is 0 Å². The molecule has 0 aliphatic heterocycles. The molecule has 5 heteroatoms. The molecule has 150 valence electrons. The number of carbonyl (C=O) groups excluding carboxylic acids is 1. The summed E-state index contributed by atoms with van der Waals surface area (Å²) in [7, 11) is 0. The summed E-state index contributed by atoms with van der Waals surface area (Å²) >= 11 is 0. The van der Waals surface area contributed by atoms with Crippen LogP contribution in [-0.2, 0) is 0 Å².